The van der Waals surface area contributed by atoms with Crippen LogP contribution >= 0.6 is 0 Å². The molecule has 0 saturated carbocycles. The molecule has 0 aliphatic heterocycles. The molecule has 2 rings (SSSR count). The van der Waals surface area contributed by atoms with Gasteiger partial charge in [0.2, 0.25) is 0 Å². The summed E-state index contributed by atoms with van der Waals surface area (Å²) in [6, 6.07) is 1.46. The molecule has 16 heavy (non-hydrogen) atoms. The number of hydrogen-bond acceptors (Lipinski definition) is 3. The first-order valence-corrected chi connectivity index (χ1v) is 5.44. The first-order chi connectivity index (χ1) is 7.61. The molecule has 0 spiro atoms. The van der Waals surface area contributed by atoms with E-state index in [4.69, 9.17) is 0 Å². The van der Waals surface area contributed by atoms with Crippen LogP contribution in [0, 0.1) is 5.82 Å². The zero-order valence-corrected chi connectivity index (χ0v) is 9.66. The van der Waals surface area contributed by atoms with Gasteiger partial charge in [0.1, 0.15) is 11.6 Å². The van der Waals surface area contributed by atoms with E-state index in [1.165, 1.54) is 12.3 Å². The van der Waals surface area contributed by atoms with Gasteiger partial charge in [-0.1, -0.05) is 20.8 Å². The second-order valence-electron chi connectivity index (χ2n) is 4.06. The lowest BCUT2D eigenvalue weighted by atomic mass is 10.1. The molecule has 0 aliphatic rings. The normalized spacial score (nSPS) is 11.3. The summed E-state index contributed by atoms with van der Waals surface area (Å²) < 4.78 is 13.1. The van der Waals surface area contributed by atoms with Crippen molar-refractivity contribution < 1.29 is 4.39 Å². The van der Waals surface area contributed by atoms with Crippen molar-refractivity contribution in [3.8, 4) is 0 Å². The molecule has 84 valence electrons. The maximum absolute atomic E-state index is 13.1. The van der Waals surface area contributed by atoms with Gasteiger partial charge in [0.05, 0.1) is 11.9 Å². The third-order valence-electron chi connectivity index (χ3n) is 2.46. The molecular formula is C12H14FN3. The molecule has 0 N–H and O–H groups in total. The van der Waals surface area contributed by atoms with Crippen LogP contribution in [0.1, 0.15) is 38.2 Å². The van der Waals surface area contributed by atoms with E-state index in [1.807, 2.05) is 20.8 Å². The fraction of sp³-hybridized carbons (Fsp3) is 0.417. The Morgan fingerprint density at radius 1 is 1.31 bits per heavy atom. The molecule has 0 unspecified atom stereocenters. The largest absolute Gasteiger partial charge is 0.237 e. The van der Waals surface area contributed by atoms with Crippen LogP contribution in [0.4, 0.5) is 4.39 Å². The molecule has 2 aromatic rings. The van der Waals surface area contributed by atoms with E-state index in [2.05, 4.69) is 15.0 Å². The number of aryl methyl sites for hydroxylation is 1. The average Bonchev–Trinajstić information content (AvgIpc) is 2.27. The van der Waals surface area contributed by atoms with E-state index in [0.717, 1.165) is 17.9 Å². The number of aromatic nitrogens is 3. The molecule has 0 amide bonds. The SMILES string of the molecule is CCc1nc(C(C)C)c2cc(F)cnc2n1. The molecule has 0 fully saturated rings. The van der Waals surface area contributed by atoms with Gasteiger partial charge in [-0.05, 0) is 12.0 Å². The highest BCUT2D eigenvalue weighted by Crippen LogP contribution is 2.22. The van der Waals surface area contributed by atoms with Crippen LogP contribution in [0.3, 0.4) is 0 Å². The summed E-state index contributed by atoms with van der Waals surface area (Å²) in [4.78, 5) is 12.7. The Morgan fingerprint density at radius 2 is 2.06 bits per heavy atom. The Labute approximate surface area is 93.8 Å². The summed E-state index contributed by atoms with van der Waals surface area (Å²) in [5.74, 6) is 0.650. The Kier molecular flexibility index (Phi) is 2.81. The number of halogens is 1. The molecule has 0 bridgehead atoms. The van der Waals surface area contributed by atoms with Crippen molar-refractivity contribution in [1.29, 1.82) is 0 Å². The molecule has 0 aromatic carbocycles. The molecule has 0 aliphatic carbocycles. The summed E-state index contributed by atoms with van der Waals surface area (Å²) in [6.45, 7) is 6.06. The fourth-order valence-electron chi connectivity index (χ4n) is 1.65. The molecule has 4 heteroatoms. The fourth-order valence-corrected chi connectivity index (χ4v) is 1.65. The standard InChI is InChI=1S/C12H14FN3/c1-4-10-15-11(7(2)3)9-5-8(13)6-14-12(9)16-10/h5-7H,4H2,1-3H3. The smallest absolute Gasteiger partial charge is 0.163 e. The van der Waals surface area contributed by atoms with E-state index in [0.29, 0.717) is 11.0 Å². The number of rotatable bonds is 2. The minimum atomic E-state index is -0.345. The maximum atomic E-state index is 13.1. The zero-order chi connectivity index (χ0) is 11.7. The second-order valence-corrected chi connectivity index (χ2v) is 4.06. The lowest BCUT2D eigenvalue weighted by Crippen LogP contribution is -2.03. The van der Waals surface area contributed by atoms with Gasteiger partial charge in [-0.15, -0.1) is 0 Å². The van der Waals surface area contributed by atoms with Crippen LogP contribution < -0.4 is 0 Å². The minimum Gasteiger partial charge on any atom is -0.237 e. The summed E-state index contributed by atoms with van der Waals surface area (Å²) in [5, 5.41) is 0.715. The van der Waals surface area contributed by atoms with Crippen molar-refractivity contribution in [3.63, 3.8) is 0 Å². The van der Waals surface area contributed by atoms with Gasteiger partial charge in [-0.25, -0.2) is 19.3 Å². The van der Waals surface area contributed by atoms with Crippen LogP contribution in [0.15, 0.2) is 12.3 Å². The molecular weight excluding hydrogens is 205 g/mol. The van der Waals surface area contributed by atoms with Crippen molar-refractivity contribution in [1.82, 2.24) is 15.0 Å². The predicted octanol–water partition coefficient (Wildman–Crippen LogP) is 2.85. The molecule has 0 saturated heterocycles. The van der Waals surface area contributed by atoms with E-state index in [-0.39, 0.29) is 11.7 Å². The van der Waals surface area contributed by atoms with Crippen LogP contribution in [0.2, 0.25) is 0 Å². The van der Waals surface area contributed by atoms with E-state index >= 15 is 0 Å². The van der Waals surface area contributed by atoms with E-state index in [9.17, 15) is 4.39 Å². The second kappa shape index (κ2) is 4.12. The van der Waals surface area contributed by atoms with Gasteiger partial charge in [0.15, 0.2) is 5.65 Å². The topological polar surface area (TPSA) is 38.7 Å². The maximum Gasteiger partial charge on any atom is 0.163 e. The van der Waals surface area contributed by atoms with Crippen molar-refractivity contribution >= 4 is 11.0 Å². The van der Waals surface area contributed by atoms with Gasteiger partial charge in [0.25, 0.3) is 0 Å². The third-order valence-corrected chi connectivity index (χ3v) is 2.46. The highest BCUT2D eigenvalue weighted by atomic mass is 19.1. The summed E-state index contributed by atoms with van der Waals surface area (Å²) >= 11 is 0. The molecule has 2 heterocycles. The first-order valence-electron chi connectivity index (χ1n) is 5.44. The third kappa shape index (κ3) is 1.87. The van der Waals surface area contributed by atoms with Gasteiger partial charge in [-0.2, -0.15) is 0 Å². The van der Waals surface area contributed by atoms with Gasteiger partial charge in [0, 0.05) is 11.8 Å². The Hall–Kier alpha value is -1.58. The van der Waals surface area contributed by atoms with E-state index in [1.54, 1.807) is 0 Å². The Bertz CT molecular complexity index is 523. The minimum absolute atomic E-state index is 0.236. The quantitative estimate of drug-likeness (QED) is 0.779. The van der Waals surface area contributed by atoms with Crippen LogP contribution in [0.5, 0.6) is 0 Å². The van der Waals surface area contributed by atoms with Crippen LogP contribution in [-0.2, 0) is 6.42 Å². The number of fused-ring (bicyclic) bond motifs is 1. The molecule has 3 nitrogen and oxygen atoms in total. The van der Waals surface area contributed by atoms with Crippen molar-refractivity contribution in [2.45, 2.75) is 33.1 Å². The van der Waals surface area contributed by atoms with Gasteiger partial charge in [-0.3, -0.25) is 0 Å². The van der Waals surface area contributed by atoms with E-state index < -0.39 is 0 Å². The Morgan fingerprint density at radius 3 is 2.69 bits per heavy atom. The van der Waals surface area contributed by atoms with Crippen molar-refractivity contribution in [3.05, 3.63) is 29.6 Å². The first kappa shape index (κ1) is 10.9. The molecule has 2 aromatic heterocycles. The van der Waals surface area contributed by atoms with Crippen molar-refractivity contribution in [2.24, 2.45) is 0 Å². The van der Waals surface area contributed by atoms with Crippen LogP contribution in [0.25, 0.3) is 11.0 Å². The highest BCUT2D eigenvalue weighted by molar-refractivity contribution is 5.77. The monoisotopic (exact) mass is 219 g/mol. The summed E-state index contributed by atoms with van der Waals surface area (Å²) in [6.07, 6.45) is 1.95. The lowest BCUT2D eigenvalue weighted by Gasteiger charge is -2.09. The molecule has 0 radical (unpaired) electrons. The average molecular weight is 219 g/mol. The van der Waals surface area contributed by atoms with Crippen LogP contribution in [-0.4, -0.2) is 15.0 Å². The highest BCUT2D eigenvalue weighted by Gasteiger charge is 2.11. The number of nitrogens with zero attached hydrogens (tertiary/aromatic N) is 3. The predicted molar refractivity (Wildman–Crippen MR) is 60.8 cm³/mol. The zero-order valence-electron chi connectivity index (χ0n) is 9.66. The van der Waals surface area contributed by atoms with Gasteiger partial charge < -0.3 is 0 Å². The number of pyridine rings is 1. The summed E-state index contributed by atoms with van der Waals surface area (Å²) in [5.41, 5.74) is 1.45. The summed E-state index contributed by atoms with van der Waals surface area (Å²) in [7, 11) is 0. The lowest BCUT2D eigenvalue weighted by molar-refractivity contribution is 0.623. The Balaban J connectivity index is 2.77. The van der Waals surface area contributed by atoms with Gasteiger partial charge >= 0.3 is 0 Å². The molecule has 0 atom stereocenters. The van der Waals surface area contributed by atoms with Crippen molar-refractivity contribution in [2.75, 3.05) is 0 Å². The number of hydrogen-bond donors (Lipinski definition) is 0.